The summed E-state index contributed by atoms with van der Waals surface area (Å²) in [4.78, 5) is 11.4. The van der Waals surface area contributed by atoms with Gasteiger partial charge in [-0.2, -0.15) is 0 Å². The average molecular weight is 278 g/mol. The molecule has 1 unspecified atom stereocenters. The van der Waals surface area contributed by atoms with E-state index >= 15 is 0 Å². The number of rotatable bonds is 6. The molecule has 0 radical (unpaired) electrons. The highest BCUT2D eigenvalue weighted by atomic mass is 28.3. The Kier molecular flexibility index (Phi) is 6.37. The Bertz CT molecular complexity index is 393. The quantitative estimate of drug-likeness (QED) is 0.317. The number of cyclic esters (lactones) is 1. The van der Waals surface area contributed by atoms with Crippen molar-refractivity contribution in [2.75, 3.05) is 0 Å². The van der Waals surface area contributed by atoms with Crippen LogP contribution in [-0.2, 0) is 9.53 Å². The van der Waals surface area contributed by atoms with Crippen molar-refractivity contribution in [2.45, 2.75) is 71.2 Å². The molecule has 0 spiro atoms. The number of carbonyl (C=O) groups excluding carboxylic acids is 1. The molecule has 0 aliphatic carbocycles. The van der Waals surface area contributed by atoms with Gasteiger partial charge in [-0.25, -0.2) is 4.79 Å². The summed E-state index contributed by atoms with van der Waals surface area (Å²) in [7, 11) is -1.39. The van der Waals surface area contributed by atoms with Crippen LogP contribution in [0.2, 0.25) is 19.6 Å². The average Bonchev–Trinajstić information content (AvgIpc) is 2.66. The third-order valence-electron chi connectivity index (χ3n) is 3.03. The van der Waals surface area contributed by atoms with Gasteiger partial charge >= 0.3 is 5.97 Å². The van der Waals surface area contributed by atoms with Gasteiger partial charge in [0.05, 0.1) is 0 Å². The Labute approximate surface area is 118 Å². The zero-order valence-electron chi connectivity index (χ0n) is 12.7. The highest BCUT2D eigenvalue weighted by molar-refractivity contribution is 6.83. The van der Waals surface area contributed by atoms with Gasteiger partial charge in [0.2, 0.25) is 0 Å². The van der Waals surface area contributed by atoms with Crippen LogP contribution in [0.5, 0.6) is 0 Å². The summed E-state index contributed by atoms with van der Waals surface area (Å²) < 4.78 is 5.33. The van der Waals surface area contributed by atoms with E-state index in [9.17, 15) is 4.79 Å². The molecule has 1 heterocycles. The molecule has 1 atom stereocenters. The molecule has 1 aliphatic rings. The lowest BCUT2D eigenvalue weighted by Gasteiger charge is -2.11. The van der Waals surface area contributed by atoms with Crippen molar-refractivity contribution < 1.29 is 9.53 Å². The summed E-state index contributed by atoms with van der Waals surface area (Å²) in [5.74, 6) is 2.96. The Morgan fingerprint density at radius 1 is 1.21 bits per heavy atom. The fourth-order valence-electron chi connectivity index (χ4n) is 1.98. The summed E-state index contributed by atoms with van der Waals surface area (Å²) in [6, 6.07) is 0. The van der Waals surface area contributed by atoms with Gasteiger partial charge in [0.1, 0.15) is 14.2 Å². The maximum atomic E-state index is 11.4. The number of hydrogen-bond donors (Lipinski definition) is 0. The van der Waals surface area contributed by atoms with Gasteiger partial charge in [0.15, 0.2) is 0 Å². The molecule has 106 valence electrons. The monoisotopic (exact) mass is 278 g/mol. The SMILES string of the molecule is CCCCCCCC1OC(=O)C=C1C#C[Si](C)(C)C. The van der Waals surface area contributed by atoms with Gasteiger partial charge in [-0.15, -0.1) is 5.54 Å². The van der Waals surface area contributed by atoms with Crippen LogP contribution in [0, 0.1) is 11.5 Å². The van der Waals surface area contributed by atoms with Crippen molar-refractivity contribution in [3.63, 3.8) is 0 Å². The fourth-order valence-corrected chi connectivity index (χ4v) is 2.50. The normalized spacial score (nSPS) is 18.6. The number of carbonyl (C=O) groups is 1. The van der Waals surface area contributed by atoms with Gasteiger partial charge in [0.25, 0.3) is 0 Å². The van der Waals surface area contributed by atoms with E-state index in [1.807, 2.05) is 0 Å². The molecule has 0 saturated heterocycles. The highest BCUT2D eigenvalue weighted by Gasteiger charge is 2.24. The minimum Gasteiger partial charge on any atom is -0.454 e. The second-order valence-electron chi connectivity index (χ2n) is 6.23. The number of unbranched alkanes of at least 4 members (excludes halogenated alkanes) is 4. The molecule has 19 heavy (non-hydrogen) atoms. The zero-order chi connectivity index (χ0) is 14.3. The third-order valence-corrected chi connectivity index (χ3v) is 3.91. The third kappa shape index (κ3) is 6.63. The maximum Gasteiger partial charge on any atom is 0.332 e. The topological polar surface area (TPSA) is 26.3 Å². The van der Waals surface area contributed by atoms with Crippen LogP contribution >= 0.6 is 0 Å². The van der Waals surface area contributed by atoms with Crippen LogP contribution in [-0.4, -0.2) is 20.1 Å². The Morgan fingerprint density at radius 2 is 1.89 bits per heavy atom. The molecule has 0 aromatic carbocycles. The van der Waals surface area contributed by atoms with Crippen LogP contribution in [0.1, 0.15) is 45.4 Å². The fraction of sp³-hybridized carbons (Fsp3) is 0.688. The number of esters is 1. The van der Waals surface area contributed by atoms with E-state index < -0.39 is 8.07 Å². The summed E-state index contributed by atoms with van der Waals surface area (Å²) in [5, 5.41) is 0. The van der Waals surface area contributed by atoms with Crippen LogP contribution in [0.25, 0.3) is 0 Å². The van der Waals surface area contributed by atoms with Crippen molar-refractivity contribution in [2.24, 2.45) is 0 Å². The van der Waals surface area contributed by atoms with E-state index in [4.69, 9.17) is 4.74 Å². The minimum absolute atomic E-state index is 0.0852. The molecule has 3 heteroatoms. The van der Waals surface area contributed by atoms with Gasteiger partial charge < -0.3 is 4.74 Å². The van der Waals surface area contributed by atoms with E-state index in [-0.39, 0.29) is 12.1 Å². The van der Waals surface area contributed by atoms with Crippen LogP contribution < -0.4 is 0 Å². The van der Waals surface area contributed by atoms with E-state index in [0.717, 1.165) is 18.4 Å². The first-order chi connectivity index (χ1) is 8.92. The molecule has 1 aliphatic heterocycles. The first-order valence-electron chi connectivity index (χ1n) is 7.38. The van der Waals surface area contributed by atoms with E-state index in [1.165, 1.54) is 25.7 Å². The molecule has 0 aromatic rings. The smallest absolute Gasteiger partial charge is 0.332 e. The predicted octanol–water partition coefficient (Wildman–Crippen LogP) is 4.08. The highest BCUT2D eigenvalue weighted by Crippen LogP contribution is 2.21. The van der Waals surface area contributed by atoms with Crippen molar-refractivity contribution in [3.05, 3.63) is 11.6 Å². The molecule has 0 N–H and O–H groups in total. The molecular formula is C16H26O2Si. The first kappa shape index (κ1) is 16.0. The standard InChI is InChI=1S/C16H26O2Si/c1-5-6-7-8-9-10-15-14(13-16(17)18-15)11-12-19(2,3)4/h13,15H,5-10H2,1-4H3. The molecule has 0 saturated carbocycles. The lowest BCUT2D eigenvalue weighted by Crippen LogP contribution is -2.17. The van der Waals surface area contributed by atoms with Crippen LogP contribution in [0.15, 0.2) is 11.6 Å². The number of hydrogen-bond acceptors (Lipinski definition) is 2. The second kappa shape index (κ2) is 7.55. The summed E-state index contributed by atoms with van der Waals surface area (Å²) in [6.45, 7) is 8.83. The molecule has 0 bridgehead atoms. The van der Waals surface area contributed by atoms with Crippen LogP contribution in [0.3, 0.4) is 0 Å². The maximum absolute atomic E-state index is 11.4. The summed E-state index contributed by atoms with van der Waals surface area (Å²) in [6.07, 6.45) is 8.56. The molecule has 2 nitrogen and oxygen atoms in total. The van der Waals surface area contributed by atoms with Crippen molar-refractivity contribution in [1.29, 1.82) is 0 Å². The molecule has 0 amide bonds. The lowest BCUT2D eigenvalue weighted by atomic mass is 10.0. The van der Waals surface area contributed by atoms with Gasteiger partial charge in [-0.05, 0) is 12.8 Å². The van der Waals surface area contributed by atoms with Crippen molar-refractivity contribution in [1.82, 2.24) is 0 Å². The molecule has 0 fully saturated rings. The summed E-state index contributed by atoms with van der Waals surface area (Å²) >= 11 is 0. The van der Waals surface area contributed by atoms with Crippen molar-refractivity contribution >= 4 is 14.0 Å². The molecule has 0 aromatic heterocycles. The minimum atomic E-state index is -1.39. The second-order valence-corrected chi connectivity index (χ2v) is 11.0. The Morgan fingerprint density at radius 3 is 2.53 bits per heavy atom. The van der Waals surface area contributed by atoms with E-state index in [1.54, 1.807) is 6.08 Å². The largest absolute Gasteiger partial charge is 0.454 e. The molecule has 1 rings (SSSR count). The predicted molar refractivity (Wildman–Crippen MR) is 82.5 cm³/mol. The van der Waals surface area contributed by atoms with E-state index in [0.29, 0.717) is 0 Å². The Balaban J connectivity index is 2.46. The van der Waals surface area contributed by atoms with Crippen LogP contribution in [0.4, 0.5) is 0 Å². The number of ether oxygens (including phenoxy) is 1. The van der Waals surface area contributed by atoms with Crippen molar-refractivity contribution in [3.8, 4) is 11.5 Å². The molecular weight excluding hydrogens is 252 g/mol. The van der Waals surface area contributed by atoms with Gasteiger partial charge in [-0.3, -0.25) is 0 Å². The lowest BCUT2D eigenvalue weighted by molar-refractivity contribution is -0.138. The van der Waals surface area contributed by atoms with Gasteiger partial charge in [0, 0.05) is 11.6 Å². The Hall–Kier alpha value is -1.01. The first-order valence-corrected chi connectivity index (χ1v) is 10.9. The zero-order valence-corrected chi connectivity index (χ0v) is 13.7. The summed E-state index contributed by atoms with van der Waals surface area (Å²) in [5.41, 5.74) is 4.21. The van der Waals surface area contributed by atoms with E-state index in [2.05, 4.69) is 38.0 Å². The van der Waals surface area contributed by atoms with Gasteiger partial charge in [-0.1, -0.05) is 58.2 Å².